The molecule has 0 spiro atoms. The molecule has 0 aliphatic heterocycles. The molecule has 0 aromatic carbocycles. The van der Waals surface area contributed by atoms with E-state index in [1.807, 2.05) is 6.92 Å². The summed E-state index contributed by atoms with van der Waals surface area (Å²) in [4.78, 5) is 8.91. The van der Waals surface area contributed by atoms with Gasteiger partial charge in [0.05, 0.1) is 24.0 Å². The molecule has 140 valence electrons. The monoisotopic (exact) mass is 348 g/mol. The van der Waals surface area contributed by atoms with Gasteiger partial charge >= 0.3 is 0 Å². The molecule has 0 radical (unpaired) electrons. The van der Waals surface area contributed by atoms with E-state index < -0.39 is 0 Å². The first kappa shape index (κ1) is 19.2. The number of nitrogens with two attached hydrogens (primary N) is 2. The Hall–Kier alpha value is -2.12. The van der Waals surface area contributed by atoms with Gasteiger partial charge in [-0.3, -0.25) is 0 Å². The van der Waals surface area contributed by atoms with Crippen LogP contribution in [-0.2, 0) is 0 Å². The molecule has 0 saturated heterocycles. The number of rotatable bonds is 5. The topological polar surface area (TPSA) is 126 Å². The molecule has 0 heterocycles. The predicted octanol–water partition coefficient (Wildman–Crippen LogP) is 1.82. The molecule has 0 amide bonds. The summed E-state index contributed by atoms with van der Waals surface area (Å²) in [6.45, 7) is 1.82. The highest BCUT2D eigenvalue weighted by Crippen LogP contribution is 2.20. The highest BCUT2D eigenvalue weighted by Gasteiger charge is 2.12. The van der Waals surface area contributed by atoms with Crippen molar-refractivity contribution in [3.63, 3.8) is 0 Å². The van der Waals surface area contributed by atoms with Crippen LogP contribution in [0.25, 0.3) is 0 Å². The van der Waals surface area contributed by atoms with Crippen molar-refractivity contribution >= 4 is 23.8 Å². The number of hydrazone groups is 2. The average Bonchev–Trinajstić information content (AvgIpc) is 2.62. The molecule has 2 aliphatic carbocycles. The van der Waals surface area contributed by atoms with Gasteiger partial charge in [-0.05, 0) is 32.6 Å². The molecule has 6 N–H and O–H groups in total. The quantitative estimate of drug-likeness (QED) is 0.343. The molecule has 2 fully saturated rings. The van der Waals surface area contributed by atoms with Crippen molar-refractivity contribution in [2.24, 2.45) is 31.7 Å². The molecular formula is C17H32N8. The first-order chi connectivity index (χ1) is 12.1. The molecule has 8 heteroatoms. The Labute approximate surface area is 150 Å². The Kier molecular flexibility index (Phi) is 8.21. The number of hydrogen-bond acceptors (Lipinski definition) is 4. The van der Waals surface area contributed by atoms with Crippen molar-refractivity contribution in [2.45, 2.75) is 83.2 Å². The fourth-order valence-corrected chi connectivity index (χ4v) is 3.24. The maximum atomic E-state index is 5.87. The molecule has 2 rings (SSSR count). The first-order valence-electron chi connectivity index (χ1n) is 9.39. The number of nitrogens with one attached hydrogen (secondary N) is 2. The van der Waals surface area contributed by atoms with E-state index in [-0.39, 0.29) is 0 Å². The molecule has 0 aromatic heterocycles. The van der Waals surface area contributed by atoms with E-state index in [0.29, 0.717) is 29.7 Å². The van der Waals surface area contributed by atoms with Gasteiger partial charge in [0, 0.05) is 0 Å². The van der Waals surface area contributed by atoms with Crippen LogP contribution in [0.5, 0.6) is 0 Å². The van der Waals surface area contributed by atoms with E-state index in [0.717, 1.165) is 25.7 Å². The number of nitrogens with zero attached hydrogens (tertiary/aromatic N) is 4. The number of guanidine groups is 2. The highest BCUT2D eigenvalue weighted by atomic mass is 15.4. The third kappa shape index (κ3) is 8.00. The van der Waals surface area contributed by atoms with E-state index in [2.05, 4.69) is 31.0 Å². The van der Waals surface area contributed by atoms with Crippen molar-refractivity contribution < 1.29 is 0 Å². The van der Waals surface area contributed by atoms with Gasteiger partial charge in [-0.2, -0.15) is 10.2 Å². The van der Waals surface area contributed by atoms with E-state index in [1.54, 1.807) is 6.21 Å². The lowest BCUT2D eigenvalue weighted by Gasteiger charge is -2.17. The van der Waals surface area contributed by atoms with Gasteiger partial charge < -0.3 is 11.5 Å². The largest absolute Gasteiger partial charge is 0.369 e. The lowest BCUT2D eigenvalue weighted by atomic mass is 9.96. The molecule has 0 atom stereocenters. The molecule has 2 aliphatic rings. The number of hydrogen-bond donors (Lipinski definition) is 4. The van der Waals surface area contributed by atoms with Crippen LogP contribution in [0, 0.1) is 0 Å². The second-order valence-electron chi connectivity index (χ2n) is 6.85. The zero-order chi connectivity index (χ0) is 17.9. The van der Waals surface area contributed by atoms with Crippen LogP contribution in [0.2, 0.25) is 0 Å². The third-order valence-corrected chi connectivity index (χ3v) is 4.57. The molecule has 0 bridgehead atoms. The van der Waals surface area contributed by atoms with Crippen LogP contribution in [0.15, 0.2) is 20.2 Å². The Balaban J connectivity index is 1.72. The van der Waals surface area contributed by atoms with Gasteiger partial charge in [-0.15, -0.1) is 0 Å². The average molecular weight is 348 g/mol. The van der Waals surface area contributed by atoms with Crippen LogP contribution < -0.4 is 22.3 Å². The second-order valence-corrected chi connectivity index (χ2v) is 6.85. The predicted molar refractivity (Wildman–Crippen MR) is 105 cm³/mol. The van der Waals surface area contributed by atoms with Crippen molar-refractivity contribution in [3.05, 3.63) is 0 Å². The Morgan fingerprint density at radius 2 is 1.28 bits per heavy atom. The van der Waals surface area contributed by atoms with Gasteiger partial charge in [0.15, 0.2) is 0 Å². The maximum absolute atomic E-state index is 5.87. The molecule has 25 heavy (non-hydrogen) atoms. The van der Waals surface area contributed by atoms with Crippen LogP contribution in [-0.4, -0.2) is 35.9 Å². The van der Waals surface area contributed by atoms with Crippen LogP contribution in [0.4, 0.5) is 0 Å². The van der Waals surface area contributed by atoms with Crippen molar-refractivity contribution in [3.8, 4) is 0 Å². The van der Waals surface area contributed by atoms with E-state index in [4.69, 9.17) is 11.5 Å². The van der Waals surface area contributed by atoms with E-state index in [1.165, 1.54) is 38.5 Å². The minimum atomic E-state index is 0.322. The summed E-state index contributed by atoms with van der Waals surface area (Å²) in [5, 5.41) is 8.19. The summed E-state index contributed by atoms with van der Waals surface area (Å²) >= 11 is 0. The van der Waals surface area contributed by atoms with Crippen molar-refractivity contribution in [1.29, 1.82) is 0 Å². The minimum absolute atomic E-state index is 0.322. The summed E-state index contributed by atoms with van der Waals surface area (Å²) in [6.07, 6.45) is 13.5. The standard InChI is InChI=1S/C17H32N8/c1-13(23-25-17(19)22-15-10-6-3-7-11-15)12-20-24-16(18)21-14-8-4-2-5-9-14/h12,14-15H,2-11H2,1H3,(H3,18,21,24)(H3,19,22,25). The second kappa shape index (κ2) is 10.7. The minimum Gasteiger partial charge on any atom is -0.369 e. The summed E-state index contributed by atoms with van der Waals surface area (Å²) in [5.74, 6) is 0.702. The van der Waals surface area contributed by atoms with Gasteiger partial charge in [0.2, 0.25) is 11.9 Å². The van der Waals surface area contributed by atoms with Gasteiger partial charge in [-0.25, -0.2) is 20.8 Å². The summed E-state index contributed by atoms with van der Waals surface area (Å²) in [6, 6.07) is 0.645. The molecule has 8 nitrogen and oxygen atoms in total. The molecule has 0 aromatic rings. The smallest absolute Gasteiger partial charge is 0.209 e. The zero-order valence-corrected chi connectivity index (χ0v) is 15.2. The Morgan fingerprint density at radius 3 is 1.80 bits per heavy atom. The fraction of sp³-hybridized carbons (Fsp3) is 0.765. The Bertz CT molecular complexity index is 511. The van der Waals surface area contributed by atoms with E-state index >= 15 is 0 Å². The van der Waals surface area contributed by atoms with Crippen molar-refractivity contribution in [2.75, 3.05) is 0 Å². The van der Waals surface area contributed by atoms with E-state index in [9.17, 15) is 0 Å². The molecule has 0 unspecified atom stereocenters. The molecular weight excluding hydrogens is 316 g/mol. The van der Waals surface area contributed by atoms with Crippen LogP contribution >= 0.6 is 0 Å². The summed E-state index contributed by atoms with van der Waals surface area (Å²) in [5.41, 5.74) is 17.9. The van der Waals surface area contributed by atoms with Gasteiger partial charge in [0.1, 0.15) is 0 Å². The molecule has 2 saturated carbocycles. The lowest BCUT2D eigenvalue weighted by molar-refractivity contribution is 0.442. The fourth-order valence-electron chi connectivity index (χ4n) is 3.24. The maximum Gasteiger partial charge on any atom is 0.209 e. The van der Waals surface area contributed by atoms with Gasteiger partial charge in [0.25, 0.3) is 0 Å². The normalized spacial score (nSPS) is 22.4. The van der Waals surface area contributed by atoms with Gasteiger partial charge in [-0.1, -0.05) is 38.5 Å². The summed E-state index contributed by atoms with van der Waals surface area (Å²) < 4.78 is 0. The lowest BCUT2D eigenvalue weighted by Crippen LogP contribution is -2.31. The van der Waals surface area contributed by atoms with Crippen LogP contribution in [0.1, 0.15) is 71.1 Å². The Morgan fingerprint density at radius 1 is 0.800 bits per heavy atom. The van der Waals surface area contributed by atoms with Crippen molar-refractivity contribution in [1.82, 2.24) is 10.9 Å². The summed E-state index contributed by atoms with van der Waals surface area (Å²) in [7, 11) is 0. The highest BCUT2D eigenvalue weighted by molar-refractivity contribution is 6.29. The first-order valence-corrected chi connectivity index (χ1v) is 9.39. The van der Waals surface area contributed by atoms with Crippen LogP contribution in [0.3, 0.4) is 0 Å². The zero-order valence-electron chi connectivity index (χ0n) is 15.2. The third-order valence-electron chi connectivity index (χ3n) is 4.57. The SMILES string of the molecule is CC(C=NNC(N)=NC1CCCCC1)=NNC(N)=NC1CCCCC1. The number of aliphatic imine (C=N–C) groups is 2.